The fourth-order valence-electron chi connectivity index (χ4n) is 0.882. The van der Waals surface area contributed by atoms with Crippen LogP contribution in [-0.2, 0) is 0 Å². The van der Waals surface area contributed by atoms with Gasteiger partial charge in [-0.2, -0.15) is 4.98 Å². The molecule has 0 bridgehead atoms. The molecule has 1 aliphatic rings. The third-order valence-corrected chi connectivity index (χ3v) is 1.72. The summed E-state index contributed by atoms with van der Waals surface area (Å²) in [7, 11) is 0. The number of nitrogens with one attached hydrogen (secondary N) is 2. The first-order chi connectivity index (χ1) is 5.86. The van der Waals surface area contributed by atoms with Crippen LogP contribution >= 0.6 is 12.2 Å². The summed E-state index contributed by atoms with van der Waals surface area (Å²) in [6, 6.07) is 0. The van der Waals surface area contributed by atoms with Crippen LogP contribution in [-0.4, -0.2) is 21.8 Å². The second-order valence-corrected chi connectivity index (χ2v) is 2.65. The van der Waals surface area contributed by atoms with Gasteiger partial charge in [0.15, 0.2) is 11.4 Å². The lowest BCUT2D eigenvalue weighted by Crippen LogP contribution is -2.37. The van der Waals surface area contributed by atoms with Crippen LogP contribution in [0.4, 0.5) is 0 Å². The SMILES string of the molecule is S=C1NC=C(c2ncno2)CN1. The first kappa shape index (κ1) is 7.23. The molecule has 1 aromatic rings. The van der Waals surface area contributed by atoms with Gasteiger partial charge >= 0.3 is 0 Å². The third kappa shape index (κ3) is 1.28. The van der Waals surface area contributed by atoms with Gasteiger partial charge in [0.05, 0.1) is 5.57 Å². The lowest BCUT2D eigenvalue weighted by atomic mass is 10.2. The van der Waals surface area contributed by atoms with Gasteiger partial charge in [0.2, 0.25) is 0 Å². The Labute approximate surface area is 73.8 Å². The molecule has 0 saturated heterocycles. The highest BCUT2D eigenvalue weighted by Crippen LogP contribution is 2.09. The first-order valence-corrected chi connectivity index (χ1v) is 3.77. The minimum Gasteiger partial charge on any atom is -0.358 e. The van der Waals surface area contributed by atoms with Crippen LogP contribution < -0.4 is 10.6 Å². The average Bonchev–Trinajstić information content (AvgIpc) is 2.58. The maximum atomic E-state index is 4.86. The summed E-state index contributed by atoms with van der Waals surface area (Å²) in [6.45, 7) is 0.619. The van der Waals surface area contributed by atoms with Crippen molar-refractivity contribution < 1.29 is 4.52 Å². The van der Waals surface area contributed by atoms with E-state index in [1.807, 2.05) is 0 Å². The van der Waals surface area contributed by atoms with E-state index >= 15 is 0 Å². The zero-order valence-electron chi connectivity index (χ0n) is 6.07. The first-order valence-electron chi connectivity index (χ1n) is 3.37. The molecule has 0 unspecified atom stereocenters. The number of thiocarbonyl (C=S) groups is 1. The van der Waals surface area contributed by atoms with Crippen LogP contribution in [0.5, 0.6) is 0 Å². The Balaban J connectivity index is 2.21. The maximum Gasteiger partial charge on any atom is 0.256 e. The highest BCUT2D eigenvalue weighted by Gasteiger charge is 2.11. The van der Waals surface area contributed by atoms with E-state index in [1.54, 1.807) is 6.20 Å². The van der Waals surface area contributed by atoms with Crippen LogP contribution in [0.2, 0.25) is 0 Å². The molecule has 62 valence electrons. The zero-order valence-corrected chi connectivity index (χ0v) is 6.89. The van der Waals surface area contributed by atoms with Gasteiger partial charge in [0, 0.05) is 12.7 Å². The fraction of sp³-hybridized carbons (Fsp3) is 0.167. The Morgan fingerprint density at radius 2 is 2.50 bits per heavy atom. The molecule has 0 radical (unpaired) electrons. The van der Waals surface area contributed by atoms with Gasteiger partial charge in [-0.3, -0.25) is 0 Å². The van der Waals surface area contributed by atoms with E-state index in [4.69, 9.17) is 16.7 Å². The molecule has 0 saturated carbocycles. The van der Waals surface area contributed by atoms with Crippen molar-refractivity contribution in [3.8, 4) is 0 Å². The number of rotatable bonds is 1. The van der Waals surface area contributed by atoms with Crippen molar-refractivity contribution in [3.63, 3.8) is 0 Å². The van der Waals surface area contributed by atoms with Gasteiger partial charge in [0.1, 0.15) is 0 Å². The normalized spacial score (nSPS) is 16.3. The molecule has 0 aliphatic carbocycles. The number of hydrogen-bond donors (Lipinski definition) is 2. The van der Waals surface area contributed by atoms with E-state index in [9.17, 15) is 0 Å². The minimum absolute atomic E-state index is 0.512. The van der Waals surface area contributed by atoms with E-state index < -0.39 is 0 Å². The lowest BCUT2D eigenvalue weighted by molar-refractivity contribution is 0.405. The smallest absolute Gasteiger partial charge is 0.256 e. The second kappa shape index (κ2) is 2.90. The predicted molar refractivity (Wildman–Crippen MR) is 46.0 cm³/mol. The van der Waals surface area contributed by atoms with Crippen LogP contribution in [0.25, 0.3) is 5.57 Å². The Kier molecular flexibility index (Phi) is 1.75. The van der Waals surface area contributed by atoms with Crippen molar-refractivity contribution in [2.24, 2.45) is 0 Å². The fourth-order valence-corrected chi connectivity index (χ4v) is 1.01. The molecule has 2 heterocycles. The van der Waals surface area contributed by atoms with Gasteiger partial charge < -0.3 is 15.2 Å². The van der Waals surface area contributed by atoms with Gasteiger partial charge in [-0.05, 0) is 12.2 Å². The van der Waals surface area contributed by atoms with E-state index in [0.717, 1.165) is 5.57 Å². The molecule has 0 atom stereocenters. The Bertz CT molecular complexity index is 318. The Morgan fingerprint density at radius 3 is 3.08 bits per heavy atom. The molecule has 0 fully saturated rings. The molecule has 2 rings (SSSR count). The molecule has 0 amide bonds. The van der Waals surface area contributed by atoms with Crippen molar-refractivity contribution in [2.45, 2.75) is 0 Å². The Morgan fingerprint density at radius 1 is 1.58 bits per heavy atom. The molecule has 2 N–H and O–H groups in total. The molecule has 6 heteroatoms. The lowest BCUT2D eigenvalue weighted by Gasteiger charge is -2.14. The average molecular weight is 182 g/mol. The number of nitrogens with zero attached hydrogens (tertiary/aromatic N) is 2. The van der Waals surface area contributed by atoms with Gasteiger partial charge in [-0.1, -0.05) is 5.16 Å². The molecular weight excluding hydrogens is 176 g/mol. The van der Waals surface area contributed by atoms with Crippen LogP contribution in [0.15, 0.2) is 17.1 Å². The number of hydrogen-bond acceptors (Lipinski definition) is 4. The molecule has 1 aromatic heterocycles. The zero-order chi connectivity index (χ0) is 8.39. The highest BCUT2D eigenvalue weighted by atomic mass is 32.1. The van der Waals surface area contributed by atoms with Crippen molar-refractivity contribution in [1.29, 1.82) is 0 Å². The van der Waals surface area contributed by atoms with Crippen molar-refractivity contribution in [3.05, 3.63) is 18.4 Å². The maximum absolute atomic E-state index is 4.86. The molecule has 5 nitrogen and oxygen atoms in total. The summed E-state index contributed by atoms with van der Waals surface area (Å²) in [5, 5.41) is 9.91. The molecular formula is C6H6N4OS. The predicted octanol–water partition coefficient (Wildman–Crippen LogP) is -0.112. The summed E-state index contributed by atoms with van der Waals surface area (Å²) >= 11 is 4.85. The van der Waals surface area contributed by atoms with E-state index in [0.29, 0.717) is 17.5 Å². The van der Waals surface area contributed by atoms with Crippen LogP contribution in [0.1, 0.15) is 5.89 Å². The van der Waals surface area contributed by atoms with Gasteiger partial charge in [0.25, 0.3) is 5.89 Å². The molecule has 0 spiro atoms. The Hall–Kier alpha value is -1.43. The minimum atomic E-state index is 0.512. The second-order valence-electron chi connectivity index (χ2n) is 2.24. The molecule has 0 aromatic carbocycles. The van der Waals surface area contributed by atoms with Gasteiger partial charge in [-0.25, -0.2) is 0 Å². The van der Waals surface area contributed by atoms with Crippen molar-refractivity contribution in [2.75, 3.05) is 6.54 Å². The summed E-state index contributed by atoms with van der Waals surface area (Å²) in [5.74, 6) is 0.512. The van der Waals surface area contributed by atoms with Crippen molar-refractivity contribution in [1.82, 2.24) is 20.8 Å². The third-order valence-electron chi connectivity index (χ3n) is 1.45. The van der Waals surface area contributed by atoms with Gasteiger partial charge in [-0.15, -0.1) is 0 Å². The monoisotopic (exact) mass is 182 g/mol. The van der Waals surface area contributed by atoms with E-state index in [2.05, 4.69) is 20.8 Å². The summed E-state index contributed by atoms with van der Waals surface area (Å²) in [4.78, 5) is 3.90. The van der Waals surface area contributed by atoms with E-state index in [1.165, 1.54) is 6.33 Å². The summed E-state index contributed by atoms with van der Waals surface area (Å²) < 4.78 is 4.86. The topological polar surface area (TPSA) is 63.0 Å². The largest absolute Gasteiger partial charge is 0.358 e. The van der Waals surface area contributed by atoms with Crippen molar-refractivity contribution >= 4 is 22.9 Å². The van der Waals surface area contributed by atoms with E-state index in [-0.39, 0.29) is 0 Å². The summed E-state index contributed by atoms with van der Waals surface area (Å²) in [5.41, 5.74) is 0.904. The van der Waals surface area contributed by atoms with Crippen LogP contribution in [0.3, 0.4) is 0 Å². The standard InChI is InChI=1S/C6H6N4OS/c12-6-7-1-4(2-8-6)5-9-3-10-11-5/h1,3H,2H2,(H2,7,8,12). The summed E-state index contributed by atoms with van der Waals surface area (Å²) in [6.07, 6.45) is 3.12. The quantitative estimate of drug-likeness (QED) is 0.591. The van der Waals surface area contributed by atoms with Crippen LogP contribution in [0, 0.1) is 0 Å². The molecule has 1 aliphatic heterocycles. The highest BCUT2D eigenvalue weighted by molar-refractivity contribution is 7.80. The molecule has 12 heavy (non-hydrogen) atoms. The number of aromatic nitrogens is 2.